The number of phenols is 1. The minimum Gasteiger partial charge on any atom is -0.508 e. The summed E-state index contributed by atoms with van der Waals surface area (Å²) in [6.45, 7) is 0. The fourth-order valence-electron chi connectivity index (χ4n) is 4.22. The van der Waals surface area contributed by atoms with E-state index in [9.17, 15) is 14.7 Å². The first-order chi connectivity index (χ1) is 14.5. The first-order valence-electron chi connectivity index (χ1n) is 9.57. The molecule has 6 nitrogen and oxygen atoms in total. The summed E-state index contributed by atoms with van der Waals surface area (Å²) in [5.41, 5.74) is 5.47. The van der Waals surface area contributed by atoms with Gasteiger partial charge in [0.25, 0.3) is 5.91 Å². The van der Waals surface area contributed by atoms with E-state index in [2.05, 4.69) is 5.43 Å². The van der Waals surface area contributed by atoms with Crippen molar-refractivity contribution in [1.82, 2.24) is 5.43 Å². The predicted molar refractivity (Wildman–Crippen MR) is 114 cm³/mol. The maximum Gasteiger partial charge on any atom is 0.258 e. The molecule has 3 unspecified atom stereocenters. The number of benzene rings is 3. The number of hydrogen-bond acceptors (Lipinski definition) is 5. The van der Waals surface area contributed by atoms with E-state index in [1.807, 2.05) is 30.3 Å². The van der Waals surface area contributed by atoms with E-state index in [4.69, 9.17) is 11.6 Å². The molecule has 150 valence electrons. The van der Waals surface area contributed by atoms with Crippen molar-refractivity contribution in [3.63, 3.8) is 0 Å². The Morgan fingerprint density at radius 2 is 1.47 bits per heavy atom. The molecule has 2 N–H and O–H groups in total. The number of amides is 2. The normalized spacial score (nSPS) is 23.2. The summed E-state index contributed by atoms with van der Waals surface area (Å²) in [5.74, 6) is -1.02. The average molecular weight is 420 g/mol. The summed E-state index contributed by atoms with van der Waals surface area (Å²) in [6, 6.07) is 21.7. The van der Waals surface area contributed by atoms with Crippen LogP contribution in [0.25, 0.3) is 0 Å². The van der Waals surface area contributed by atoms with Crippen LogP contribution < -0.4 is 15.3 Å². The van der Waals surface area contributed by atoms with Crippen molar-refractivity contribution < 1.29 is 14.7 Å². The van der Waals surface area contributed by atoms with Gasteiger partial charge in [0.2, 0.25) is 5.91 Å². The third-order valence-electron chi connectivity index (χ3n) is 5.61. The molecule has 0 radical (unpaired) electrons. The van der Waals surface area contributed by atoms with E-state index >= 15 is 0 Å². The Hall–Kier alpha value is -3.35. The number of nitrogens with one attached hydrogen (secondary N) is 1. The molecule has 0 aromatic heterocycles. The Labute approximate surface area is 178 Å². The van der Waals surface area contributed by atoms with E-state index in [0.29, 0.717) is 10.7 Å². The molecular weight excluding hydrogens is 402 g/mol. The predicted octanol–water partition coefficient (Wildman–Crippen LogP) is 3.67. The Balaban J connectivity index is 1.59. The maximum absolute atomic E-state index is 13.5. The van der Waals surface area contributed by atoms with Crippen molar-refractivity contribution in [2.45, 2.75) is 12.1 Å². The number of phenolic OH excluding ortho intramolecular Hbond substituents is 1. The molecule has 30 heavy (non-hydrogen) atoms. The van der Waals surface area contributed by atoms with Gasteiger partial charge in [0, 0.05) is 5.02 Å². The number of halogens is 1. The molecule has 2 heterocycles. The van der Waals surface area contributed by atoms with Crippen molar-refractivity contribution >= 4 is 34.8 Å². The van der Waals surface area contributed by atoms with Crippen molar-refractivity contribution in [1.29, 1.82) is 0 Å². The first-order valence-corrected chi connectivity index (χ1v) is 9.95. The Morgan fingerprint density at radius 3 is 2.13 bits per heavy atom. The summed E-state index contributed by atoms with van der Waals surface area (Å²) in [5, 5.41) is 12.0. The van der Waals surface area contributed by atoms with Gasteiger partial charge in [-0.05, 0) is 54.1 Å². The molecule has 2 amide bonds. The zero-order valence-corrected chi connectivity index (χ0v) is 16.5. The van der Waals surface area contributed by atoms with E-state index < -0.39 is 18.0 Å². The number of carbonyl (C=O) groups is 2. The lowest BCUT2D eigenvalue weighted by Gasteiger charge is -2.26. The minimum absolute atomic E-state index is 0.143. The fraction of sp³-hybridized carbons (Fsp3) is 0.130. The second kappa shape index (κ2) is 7.16. The van der Waals surface area contributed by atoms with E-state index in [-0.39, 0.29) is 17.6 Å². The summed E-state index contributed by atoms with van der Waals surface area (Å²) >= 11 is 5.98. The van der Waals surface area contributed by atoms with Gasteiger partial charge in [0.1, 0.15) is 11.8 Å². The Kier molecular flexibility index (Phi) is 4.46. The molecule has 7 heteroatoms. The van der Waals surface area contributed by atoms with Crippen LogP contribution >= 0.6 is 11.6 Å². The molecule has 0 bridgehead atoms. The minimum atomic E-state index is -0.686. The van der Waals surface area contributed by atoms with Crippen LogP contribution in [-0.2, 0) is 9.59 Å². The summed E-state index contributed by atoms with van der Waals surface area (Å²) in [4.78, 5) is 28.2. The second-order valence-corrected chi connectivity index (χ2v) is 7.80. The highest BCUT2D eigenvalue weighted by molar-refractivity contribution is 6.31. The van der Waals surface area contributed by atoms with Gasteiger partial charge < -0.3 is 5.11 Å². The highest BCUT2D eigenvalue weighted by Gasteiger charge is 2.59. The first kappa shape index (κ1) is 18.7. The molecule has 2 fully saturated rings. The summed E-state index contributed by atoms with van der Waals surface area (Å²) in [7, 11) is 0. The SMILES string of the molecule is O=C1C2C(c3ccc(O)cc3)NN(c3ccccc3)C2C(=O)N1c1ccc(Cl)cc1. The van der Waals surface area contributed by atoms with Crippen molar-refractivity contribution in [3.05, 3.63) is 89.4 Å². The van der Waals surface area contributed by atoms with Crippen molar-refractivity contribution in [2.75, 3.05) is 9.91 Å². The molecule has 2 saturated heterocycles. The van der Waals surface area contributed by atoms with Crippen molar-refractivity contribution in [2.24, 2.45) is 5.92 Å². The van der Waals surface area contributed by atoms with Crippen LogP contribution in [0.1, 0.15) is 11.6 Å². The molecule has 2 aliphatic rings. The number of anilines is 2. The lowest BCUT2D eigenvalue weighted by Crippen LogP contribution is -2.45. The number of para-hydroxylation sites is 1. The second-order valence-electron chi connectivity index (χ2n) is 7.36. The summed E-state index contributed by atoms with van der Waals surface area (Å²) in [6.07, 6.45) is 0. The van der Waals surface area contributed by atoms with Gasteiger partial charge in [0.05, 0.1) is 23.3 Å². The molecule has 3 atom stereocenters. The molecule has 3 aromatic carbocycles. The van der Waals surface area contributed by atoms with Gasteiger partial charge >= 0.3 is 0 Å². The Bertz CT molecular complexity index is 1100. The largest absolute Gasteiger partial charge is 0.508 e. The van der Waals surface area contributed by atoms with Crippen LogP contribution in [0.3, 0.4) is 0 Å². The lowest BCUT2D eigenvalue weighted by molar-refractivity contribution is -0.122. The van der Waals surface area contributed by atoms with Gasteiger partial charge in [0.15, 0.2) is 0 Å². The average Bonchev–Trinajstić information content (AvgIpc) is 3.27. The van der Waals surface area contributed by atoms with Crippen molar-refractivity contribution in [3.8, 4) is 5.75 Å². The molecule has 3 aromatic rings. The van der Waals surface area contributed by atoms with E-state index in [1.165, 1.54) is 4.90 Å². The highest BCUT2D eigenvalue weighted by Crippen LogP contribution is 2.43. The number of hydrogen-bond donors (Lipinski definition) is 2. The quantitative estimate of drug-likeness (QED) is 0.634. The number of hydrazine groups is 1. The van der Waals surface area contributed by atoms with Crippen LogP contribution in [-0.4, -0.2) is 23.0 Å². The van der Waals surface area contributed by atoms with E-state index in [1.54, 1.807) is 53.5 Å². The lowest BCUT2D eigenvalue weighted by atomic mass is 9.91. The van der Waals surface area contributed by atoms with Crippen LogP contribution in [0, 0.1) is 5.92 Å². The number of nitrogens with zero attached hydrogens (tertiary/aromatic N) is 2. The van der Waals surface area contributed by atoms with Gasteiger partial charge in [-0.1, -0.05) is 41.9 Å². The topological polar surface area (TPSA) is 72.9 Å². The van der Waals surface area contributed by atoms with Crippen LogP contribution in [0.2, 0.25) is 5.02 Å². The van der Waals surface area contributed by atoms with Crippen LogP contribution in [0.15, 0.2) is 78.9 Å². The third-order valence-corrected chi connectivity index (χ3v) is 5.86. The molecule has 0 spiro atoms. The van der Waals surface area contributed by atoms with Crippen LogP contribution in [0.5, 0.6) is 5.75 Å². The number of rotatable bonds is 3. The highest BCUT2D eigenvalue weighted by atomic mass is 35.5. The number of imide groups is 1. The number of fused-ring (bicyclic) bond motifs is 1. The smallest absolute Gasteiger partial charge is 0.258 e. The molecule has 0 aliphatic carbocycles. The van der Waals surface area contributed by atoms with Gasteiger partial charge in [-0.2, -0.15) is 0 Å². The number of carbonyl (C=O) groups excluding carboxylic acids is 2. The van der Waals surface area contributed by atoms with Gasteiger partial charge in [-0.3, -0.25) is 14.6 Å². The zero-order chi connectivity index (χ0) is 20.8. The zero-order valence-electron chi connectivity index (χ0n) is 15.8. The van der Waals surface area contributed by atoms with Crippen LogP contribution in [0.4, 0.5) is 11.4 Å². The molecule has 0 saturated carbocycles. The maximum atomic E-state index is 13.5. The standard InChI is InChI=1S/C23H18ClN3O3/c24-15-8-10-16(11-9-15)26-22(29)19-20(14-6-12-18(28)13-7-14)25-27(21(19)23(26)30)17-4-2-1-3-5-17/h1-13,19-21,25,28H. The third kappa shape index (κ3) is 2.93. The molecule has 2 aliphatic heterocycles. The molecular formula is C23H18ClN3O3. The Morgan fingerprint density at radius 1 is 0.800 bits per heavy atom. The van der Waals surface area contributed by atoms with Gasteiger partial charge in [-0.15, -0.1) is 0 Å². The summed E-state index contributed by atoms with van der Waals surface area (Å²) < 4.78 is 0. The monoisotopic (exact) mass is 419 g/mol. The fourth-order valence-corrected chi connectivity index (χ4v) is 4.34. The number of aromatic hydroxyl groups is 1. The molecule has 5 rings (SSSR count). The van der Waals surface area contributed by atoms with Gasteiger partial charge in [-0.25, -0.2) is 10.3 Å². The van der Waals surface area contributed by atoms with E-state index in [0.717, 1.165) is 11.3 Å².